The minimum absolute atomic E-state index is 0. The standard InChI is InChI=1S/C16H24N2O5S.ClH/c1-11(17)12-6-8-18(9-7-12)24(20,21)15-5-4-13(16(19)23-3)10-14(15)22-2;/h4-5,10-12H,6-9,17H2,1-3H3;1H. The first kappa shape index (κ1) is 21.7. The number of benzene rings is 1. The molecule has 1 aromatic rings. The lowest BCUT2D eigenvalue weighted by Crippen LogP contribution is -2.42. The number of nitrogens with two attached hydrogens (primary N) is 1. The van der Waals surface area contributed by atoms with Gasteiger partial charge in [-0.1, -0.05) is 0 Å². The summed E-state index contributed by atoms with van der Waals surface area (Å²) >= 11 is 0. The van der Waals surface area contributed by atoms with Crippen LogP contribution in [0.15, 0.2) is 23.1 Å². The van der Waals surface area contributed by atoms with Gasteiger partial charge in [0, 0.05) is 19.1 Å². The summed E-state index contributed by atoms with van der Waals surface area (Å²) in [5.74, 6) is -0.0812. The first-order valence-corrected chi connectivity index (χ1v) is 9.27. The van der Waals surface area contributed by atoms with Gasteiger partial charge in [0.05, 0.1) is 19.8 Å². The van der Waals surface area contributed by atoms with Gasteiger partial charge in [0.1, 0.15) is 10.6 Å². The van der Waals surface area contributed by atoms with Gasteiger partial charge >= 0.3 is 5.97 Å². The number of nitrogens with zero attached hydrogens (tertiary/aromatic N) is 1. The van der Waals surface area contributed by atoms with Gasteiger partial charge in [-0.25, -0.2) is 13.2 Å². The van der Waals surface area contributed by atoms with E-state index in [4.69, 9.17) is 10.5 Å². The second kappa shape index (κ2) is 8.84. The number of ether oxygens (including phenoxy) is 2. The second-order valence-electron chi connectivity index (χ2n) is 5.96. The van der Waals surface area contributed by atoms with Crippen molar-refractivity contribution in [2.45, 2.75) is 30.7 Å². The van der Waals surface area contributed by atoms with E-state index in [1.54, 1.807) is 0 Å². The molecule has 2 N–H and O–H groups in total. The molecule has 0 amide bonds. The highest BCUT2D eigenvalue weighted by molar-refractivity contribution is 7.89. The molecule has 2 rings (SSSR count). The molecule has 0 radical (unpaired) electrons. The van der Waals surface area contributed by atoms with E-state index < -0.39 is 16.0 Å². The first-order valence-electron chi connectivity index (χ1n) is 7.83. The zero-order valence-corrected chi connectivity index (χ0v) is 16.2. The Bertz CT molecular complexity index is 700. The molecule has 0 aromatic heterocycles. The Hall–Kier alpha value is -1.35. The molecule has 7 nitrogen and oxygen atoms in total. The van der Waals surface area contributed by atoms with E-state index in [-0.39, 0.29) is 34.7 Å². The molecule has 1 aromatic carbocycles. The number of rotatable bonds is 5. The van der Waals surface area contributed by atoms with Gasteiger partial charge in [-0.15, -0.1) is 12.4 Å². The van der Waals surface area contributed by atoms with Gasteiger partial charge in [0.25, 0.3) is 0 Å². The number of sulfonamides is 1. The molecule has 1 aliphatic rings. The average Bonchev–Trinajstić information content (AvgIpc) is 2.60. The molecule has 9 heteroatoms. The van der Waals surface area contributed by atoms with Crippen molar-refractivity contribution in [3.05, 3.63) is 23.8 Å². The Morgan fingerprint density at radius 3 is 2.36 bits per heavy atom. The quantitative estimate of drug-likeness (QED) is 0.765. The zero-order chi connectivity index (χ0) is 17.9. The normalized spacial score (nSPS) is 17.4. The number of hydrogen-bond donors (Lipinski definition) is 1. The predicted molar refractivity (Wildman–Crippen MR) is 96.7 cm³/mol. The molecule has 1 heterocycles. The second-order valence-corrected chi connectivity index (χ2v) is 7.86. The van der Waals surface area contributed by atoms with Crippen LogP contribution < -0.4 is 10.5 Å². The van der Waals surface area contributed by atoms with Crippen molar-refractivity contribution in [1.82, 2.24) is 4.31 Å². The van der Waals surface area contributed by atoms with E-state index in [0.29, 0.717) is 19.0 Å². The maximum absolute atomic E-state index is 12.9. The third-order valence-corrected chi connectivity index (χ3v) is 6.38. The van der Waals surface area contributed by atoms with E-state index in [1.807, 2.05) is 6.92 Å². The van der Waals surface area contributed by atoms with Crippen molar-refractivity contribution in [1.29, 1.82) is 0 Å². The molecule has 1 saturated heterocycles. The summed E-state index contributed by atoms with van der Waals surface area (Å²) in [5.41, 5.74) is 6.14. The summed E-state index contributed by atoms with van der Waals surface area (Å²) in [6.07, 6.45) is 1.47. The van der Waals surface area contributed by atoms with Crippen LogP contribution >= 0.6 is 12.4 Å². The van der Waals surface area contributed by atoms with Crippen LogP contribution in [0.25, 0.3) is 0 Å². The largest absolute Gasteiger partial charge is 0.495 e. The average molecular weight is 393 g/mol. The summed E-state index contributed by atoms with van der Waals surface area (Å²) < 4.78 is 37.1. The van der Waals surface area contributed by atoms with Crippen LogP contribution in [-0.4, -0.2) is 52.0 Å². The Morgan fingerprint density at radius 2 is 1.88 bits per heavy atom. The third-order valence-electron chi connectivity index (χ3n) is 4.44. The van der Waals surface area contributed by atoms with Crippen molar-refractivity contribution in [2.24, 2.45) is 11.7 Å². The SMILES string of the molecule is COC(=O)c1ccc(S(=O)(=O)N2CCC(C(C)N)CC2)c(OC)c1.Cl. The monoisotopic (exact) mass is 392 g/mol. The molecular formula is C16H25ClN2O5S. The number of esters is 1. The van der Waals surface area contributed by atoms with Crippen molar-refractivity contribution in [3.63, 3.8) is 0 Å². The van der Waals surface area contributed by atoms with Gasteiger partial charge in [0.15, 0.2) is 0 Å². The summed E-state index contributed by atoms with van der Waals surface area (Å²) in [6, 6.07) is 4.25. The maximum Gasteiger partial charge on any atom is 0.337 e. The molecular weight excluding hydrogens is 368 g/mol. The van der Waals surface area contributed by atoms with E-state index >= 15 is 0 Å². The lowest BCUT2D eigenvalue weighted by molar-refractivity contribution is 0.0600. The fourth-order valence-corrected chi connectivity index (χ4v) is 4.51. The molecule has 1 fully saturated rings. The summed E-state index contributed by atoms with van der Waals surface area (Å²) in [4.78, 5) is 11.6. The van der Waals surface area contributed by atoms with Crippen LogP contribution in [0.3, 0.4) is 0 Å². The minimum atomic E-state index is -3.69. The molecule has 142 valence electrons. The lowest BCUT2D eigenvalue weighted by atomic mass is 9.92. The van der Waals surface area contributed by atoms with Crippen molar-refractivity contribution in [3.8, 4) is 5.75 Å². The molecule has 0 saturated carbocycles. The van der Waals surface area contributed by atoms with Crippen LogP contribution in [0, 0.1) is 5.92 Å². The fourth-order valence-electron chi connectivity index (χ4n) is 2.91. The molecule has 0 bridgehead atoms. The van der Waals surface area contributed by atoms with Crippen LogP contribution in [0.5, 0.6) is 5.75 Å². The molecule has 0 spiro atoms. The van der Waals surface area contributed by atoms with Crippen molar-refractivity contribution >= 4 is 28.4 Å². The van der Waals surface area contributed by atoms with Crippen LogP contribution in [0.4, 0.5) is 0 Å². The van der Waals surface area contributed by atoms with E-state index in [2.05, 4.69) is 4.74 Å². The number of piperidine rings is 1. The Labute approximate surface area is 154 Å². The highest BCUT2D eigenvalue weighted by Crippen LogP contribution is 2.31. The predicted octanol–water partition coefficient (Wildman–Crippen LogP) is 1.65. The first-order chi connectivity index (χ1) is 11.3. The van der Waals surface area contributed by atoms with Gasteiger partial charge in [-0.05, 0) is 43.9 Å². The van der Waals surface area contributed by atoms with E-state index in [0.717, 1.165) is 12.8 Å². The number of hydrogen-bond acceptors (Lipinski definition) is 6. The number of carbonyl (C=O) groups excluding carboxylic acids is 1. The highest BCUT2D eigenvalue weighted by Gasteiger charge is 2.32. The van der Waals surface area contributed by atoms with Gasteiger partial charge in [0.2, 0.25) is 10.0 Å². The van der Waals surface area contributed by atoms with Crippen molar-refractivity contribution in [2.75, 3.05) is 27.3 Å². The van der Waals surface area contributed by atoms with E-state index in [9.17, 15) is 13.2 Å². The molecule has 1 aliphatic heterocycles. The van der Waals surface area contributed by atoms with Gasteiger partial charge < -0.3 is 15.2 Å². The molecule has 0 aliphatic carbocycles. The minimum Gasteiger partial charge on any atom is -0.495 e. The number of halogens is 1. The van der Waals surface area contributed by atoms with E-state index in [1.165, 1.54) is 36.7 Å². The lowest BCUT2D eigenvalue weighted by Gasteiger charge is -2.33. The fraction of sp³-hybridized carbons (Fsp3) is 0.562. The topological polar surface area (TPSA) is 98.9 Å². The highest BCUT2D eigenvalue weighted by atomic mass is 35.5. The number of carbonyl (C=O) groups is 1. The Morgan fingerprint density at radius 1 is 1.28 bits per heavy atom. The zero-order valence-electron chi connectivity index (χ0n) is 14.6. The van der Waals surface area contributed by atoms with Gasteiger partial charge in [-0.3, -0.25) is 0 Å². The summed E-state index contributed by atoms with van der Waals surface area (Å²) in [7, 11) is -1.05. The molecule has 1 atom stereocenters. The smallest absolute Gasteiger partial charge is 0.337 e. The maximum atomic E-state index is 12.9. The number of methoxy groups -OCH3 is 2. The van der Waals surface area contributed by atoms with Crippen molar-refractivity contribution < 1.29 is 22.7 Å². The van der Waals surface area contributed by atoms with Crippen LogP contribution in [0.1, 0.15) is 30.1 Å². The summed E-state index contributed by atoms with van der Waals surface area (Å²) in [5, 5.41) is 0. The Balaban J connectivity index is 0.00000312. The summed E-state index contributed by atoms with van der Waals surface area (Å²) in [6.45, 7) is 2.80. The Kier molecular flexibility index (Phi) is 7.67. The third kappa shape index (κ3) is 4.63. The molecule has 25 heavy (non-hydrogen) atoms. The van der Waals surface area contributed by atoms with Crippen LogP contribution in [0.2, 0.25) is 0 Å². The molecule has 1 unspecified atom stereocenters. The van der Waals surface area contributed by atoms with Gasteiger partial charge in [-0.2, -0.15) is 4.31 Å². The van der Waals surface area contributed by atoms with Crippen LogP contribution in [-0.2, 0) is 14.8 Å².